The highest BCUT2D eigenvalue weighted by Crippen LogP contribution is 2.64. The second kappa shape index (κ2) is 9.85. The lowest BCUT2D eigenvalue weighted by molar-refractivity contribution is 0.410. The second-order valence-corrected chi connectivity index (χ2v) is 8.66. The van der Waals surface area contributed by atoms with Gasteiger partial charge in [-0.15, -0.1) is 0 Å². The van der Waals surface area contributed by atoms with Crippen molar-refractivity contribution in [2.45, 2.75) is 23.6 Å². The fourth-order valence-electron chi connectivity index (χ4n) is 2.78. The largest absolute Gasteiger partial charge is 0.379 e. The lowest BCUT2D eigenvalue weighted by Gasteiger charge is -2.43. The summed E-state index contributed by atoms with van der Waals surface area (Å²) in [6.45, 7) is 7.76. The third-order valence-electron chi connectivity index (χ3n) is 4.21. The molecule has 0 aliphatic carbocycles. The van der Waals surface area contributed by atoms with Gasteiger partial charge < -0.3 is 8.37 Å². The van der Waals surface area contributed by atoms with Crippen LogP contribution in [0.5, 0.6) is 5.75 Å². The maximum Gasteiger partial charge on any atom is 0.153 e. The van der Waals surface area contributed by atoms with E-state index in [-0.39, 0.29) is 0 Å². The molecule has 0 N–H and O–H groups in total. The van der Waals surface area contributed by atoms with Gasteiger partial charge in [0.2, 0.25) is 0 Å². The predicted octanol–water partition coefficient (Wildman–Crippen LogP) is 7.96. The molecule has 2 nitrogen and oxygen atoms in total. The van der Waals surface area contributed by atoms with E-state index in [0.29, 0.717) is 0 Å². The summed E-state index contributed by atoms with van der Waals surface area (Å²) >= 11 is 0. The Labute approximate surface area is 175 Å². The van der Waals surface area contributed by atoms with Gasteiger partial charge in [-0.1, -0.05) is 83.9 Å². The zero-order valence-electron chi connectivity index (χ0n) is 16.8. The molecule has 148 valence electrons. The SMILES string of the molecule is C=Cc1ccc(OS(O/C(C)=C/C=C\C)(c2ccccc2)c2ccccc2)cc1. The molecule has 3 rings (SSSR count). The van der Waals surface area contributed by atoms with Crippen molar-refractivity contribution in [2.75, 3.05) is 0 Å². The molecule has 0 amide bonds. The van der Waals surface area contributed by atoms with E-state index >= 15 is 0 Å². The molecule has 0 unspecified atom stereocenters. The van der Waals surface area contributed by atoms with Crippen LogP contribution in [0.4, 0.5) is 0 Å². The average molecular weight is 403 g/mol. The molecular formula is C26H26O2S. The van der Waals surface area contributed by atoms with Gasteiger partial charge in [0.25, 0.3) is 0 Å². The lowest BCUT2D eigenvalue weighted by atomic mass is 10.2. The first kappa shape index (κ1) is 20.6. The van der Waals surface area contributed by atoms with Crippen LogP contribution >= 0.6 is 10.6 Å². The quantitative estimate of drug-likeness (QED) is 0.281. The monoisotopic (exact) mass is 402 g/mol. The summed E-state index contributed by atoms with van der Waals surface area (Å²) in [6.07, 6.45) is 7.72. The van der Waals surface area contributed by atoms with E-state index in [1.807, 2.05) is 98.8 Å². The minimum atomic E-state index is -2.28. The Morgan fingerprint density at radius 2 is 1.38 bits per heavy atom. The molecule has 29 heavy (non-hydrogen) atoms. The maximum atomic E-state index is 6.69. The maximum absolute atomic E-state index is 6.69. The summed E-state index contributed by atoms with van der Waals surface area (Å²) in [5, 5.41) is 0. The van der Waals surface area contributed by atoms with Crippen LogP contribution in [0.15, 0.2) is 125 Å². The van der Waals surface area contributed by atoms with Crippen LogP contribution in [0.3, 0.4) is 0 Å². The molecule has 0 atom stereocenters. The van der Waals surface area contributed by atoms with E-state index in [2.05, 4.69) is 30.8 Å². The number of rotatable bonds is 8. The molecule has 0 aliphatic rings. The third kappa shape index (κ3) is 5.01. The first-order chi connectivity index (χ1) is 14.2. The topological polar surface area (TPSA) is 18.5 Å². The standard InChI is InChI=1S/C26H26O2S/c1-4-6-13-22(3)27-29(25-14-9-7-10-15-25,26-16-11-8-12-17-26)28-24-20-18-23(5-2)19-21-24/h4-21H,2H2,1,3H3/b6-4-,22-13+. The Morgan fingerprint density at radius 3 is 1.86 bits per heavy atom. The van der Waals surface area contributed by atoms with Gasteiger partial charge in [0.15, 0.2) is 5.75 Å². The van der Waals surface area contributed by atoms with Gasteiger partial charge in [-0.2, -0.15) is 0 Å². The minimum Gasteiger partial charge on any atom is -0.379 e. The molecule has 0 saturated carbocycles. The van der Waals surface area contributed by atoms with Crippen molar-refractivity contribution < 1.29 is 8.37 Å². The molecule has 3 aromatic carbocycles. The summed E-state index contributed by atoms with van der Waals surface area (Å²) in [7, 11) is -2.28. The molecule has 0 aliphatic heterocycles. The zero-order valence-corrected chi connectivity index (χ0v) is 17.6. The van der Waals surface area contributed by atoms with E-state index in [9.17, 15) is 0 Å². The normalized spacial score (nSPS) is 12.6. The summed E-state index contributed by atoms with van der Waals surface area (Å²) in [5.74, 6) is 1.53. The number of benzene rings is 3. The summed E-state index contributed by atoms with van der Waals surface area (Å²) < 4.78 is 13.3. The van der Waals surface area contributed by atoms with E-state index in [4.69, 9.17) is 8.37 Å². The van der Waals surface area contributed by atoms with Gasteiger partial charge in [0, 0.05) is 0 Å². The van der Waals surface area contributed by atoms with Crippen molar-refractivity contribution in [3.8, 4) is 5.75 Å². The Balaban J connectivity index is 2.16. The first-order valence-electron chi connectivity index (χ1n) is 9.52. The van der Waals surface area contributed by atoms with Gasteiger partial charge in [-0.25, -0.2) is 0 Å². The van der Waals surface area contributed by atoms with Crippen molar-refractivity contribution in [1.82, 2.24) is 0 Å². The van der Waals surface area contributed by atoms with Gasteiger partial charge >= 0.3 is 0 Å². The van der Waals surface area contributed by atoms with E-state index in [1.54, 1.807) is 0 Å². The van der Waals surface area contributed by atoms with Crippen molar-refractivity contribution in [1.29, 1.82) is 0 Å². The molecule has 0 bridgehead atoms. The molecule has 3 aromatic rings. The van der Waals surface area contributed by atoms with Crippen molar-refractivity contribution in [3.63, 3.8) is 0 Å². The van der Waals surface area contributed by atoms with Gasteiger partial charge in [0.05, 0.1) is 9.79 Å². The Hall–Kier alpha value is -3.17. The van der Waals surface area contributed by atoms with Crippen LogP contribution in [0.25, 0.3) is 6.08 Å². The third-order valence-corrected chi connectivity index (χ3v) is 6.92. The predicted molar refractivity (Wildman–Crippen MR) is 124 cm³/mol. The van der Waals surface area contributed by atoms with Crippen LogP contribution in [0.2, 0.25) is 0 Å². The van der Waals surface area contributed by atoms with E-state index in [0.717, 1.165) is 26.9 Å². The highest BCUT2D eigenvalue weighted by atomic mass is 32.3. The fourth-order valence-corrected chi connectivity index (χ4v) is 5.31. The highest BCUT2D eigenvalue weighted by molar-refractivity contribution is 8.26. The van der Waals surface area contributed by atoms with Gasteiger partial charge in [-0.05, 0) is 61.9 Å². The van der Waals surface area contributed by atoms with Gasteiger partial charge in [0.1, 0.15) is 5.76 Å². The molecule has 3 heteroatoms. The molecule has 0 fully saturated rings. The second-order valence-electron chi connectivity index (χ2n) is 6.37. The van der Waals surface area contributed by atoms with E-state index in [1.165, 1.54) is 0 Å². The first-order valence-corrected chi connectivity index (χ1v) is 11.0. The average Bonchev–Trinajstić information content (AvgIpc) is 2.79. The Kier molecular flexibility index (Phi) is 6.99. The molecule has 0 spiro atoms. The Morgan fingerprint density at radius 1 is 0.828 bits per heavy atom. The smallest absolute Gasteiger partial charge is 0.153 e. The van der Waals surface area contributed by atoms with Crippen molar-refractivity contribution in [2.24, 2.45) is 0 Å². The molecule has 0 saturated heterocycles. The Bertz CT molecular complexity index is 935. The van der Waals surface area contributed by atoms with Crippen LogP contribution in [0, 0.1) is 0 Å². The molecule has 0 radical (unpaired) electrons. The number of allylic oxidation sites excluding steroid dienone is 4. The molecule has 0 heterocycles. The van der Waals surface area contributed by atoms with E-state index < -0.39 is 10.6 Å². The highest BCUT2D eigenvalue weighted by Gasteiger charge is 2.29. The molecule has 0 aromatic heterocycles. The number of hydrogen-bond acceptors (Lipinski definition) is 2. The van der Waals surface area contributed by atoms with Crippen LogP contribution in [-0.2, 0) is 4.18 Å². The molecular weight excluding hydrogens is 376 g/mol. The minimum absolute atomic E-state index is 0.747. The number of hydrogen-bond donors (Lipinski definition) is 0. The summed E-state index contributed by atoms with van der Waals surface area (Å²) in [6, 6.07) is 28.2. The zero-order chi connectivity index (χ0) is 20.5. The van der Waals surface area contributed by atoms with Crippen LogP contribution < -0.4 is 4.18 Å². The van der Waals surface area contributed by atoms with Crippen molar-refractivity contribution in [3.05, 3.63) is 121 Å². The fraction of sp³-hybridized carbons (Fsp3) is 0.0769. The van der Waals surface area contributed by atoms with Gasteiger partial charge in [-0.3, -0.25) is 0 Å². The summed E-state index contributed by atoms with van der Waals surface area (Å²) in [4.78, 5) is 1.99. The van der Waals surface area contributed by atoms with Crippen LogP contribution in [-0.4, -0.2) is 0 Å². The lowest BCUT2D eigenvalue weighted by Crippen LogP contribution is -2.13. The van der Waals surface area contributed by atoms with Crippen LogP contribution in [0.1, 0.15) is 19.4 Å². The summed E-state index contributed by atoms with van der Waals surface area (Å²) in [5.41, 5.74) is 1.04. The van der Waals surface area contributed by atoms with Crippen molar-refractivity contribution >= 4 is 16.7 Å².